The largest absolute Gasteiger partial charge is 0.490 e. The molecule has 0 fully saturated rings. The topological polar surface area (TPSA) is 64.6 Å². The zero-order valence-electron chi connectivity index (χ0n) is 14.7. The molecule has 0 spiro atoms. The lowest BCUT2D eigenvalue weighted by Gasteiger charge is -2.12. The third-order valence-corrected chi connectivity index (χ3v) is 3.62. The second-order valence-electron chi connectivity index (χ2n) is 5.87. The highest BCUT2D eigenvalue weighted by molar-refractivity contribution is 5.91. The first-order chi connectivity index (χ1) is 12.0. The van der Waals surface area contributed by atoms with Crippen molar-refractivity contribution in [2.24, 2.45) is 0 Å². The van der Waals surface area contributed by atoms with Gasteiger partial charge in [0, 0.05) is 11.3 Å². The number of amides is 1. The van der Waals surface area contributed by atoms with E-state index in [0.717, 1.165) is 12.0 Å². The molecule has 0 aliphatic carbocycles. The number of hydrogen-bond donors (Lipinski definition) is 1. The Morgan fingerprint density at radius 1 is 1.08 bits per heavy atom. The molecule has 0 aliphatic rings. The van der Waals surface area contributed by atoms with Gasteiger partial charge in [0.05, 0.1) is 6.61 Å². The SMILES string of the molecule is CCOc1cc(C=O)ccc1OCC(=O)Nc1ccc(C(C)C)cc1. The van der Waals surface area contributed by atoms with Crippen LogP contribution in [0.1, 0.15) is 42.6 Å². The average Bonchev–Trinajstić information content (AvgIpc) is 2.61. The van der Waals surface area contributed by atoms with Gasteiger partial charge in [0.25, 0.3) is 5.91 Å². The van der Waals surface area contributed by atoms with Crippen molar-refractivity contribution in [2.75, 3.05) is 18.5 Å². The van der Waals surface area contributed by atoms with Crippen molar-refractivity contribution >= 4 is 17.9 Å². The van der Waals surface area contributed by atoms with Gasteiger partial charge >= 0.3 is 0 Å². The molecule has 0 heterocycles. The Balaban J connectivity index is 1.96. The number of rotatable bonds is 8. The molecule has 2 aromatic carbocycles. The van der Waals surface area contributed by atoms with Gasteiger partial charge in [-0.25, -0.2) is 0 Å². The summed E-state index contributed by atoms with van der Waals surface area (Å²) in [4.78, 5) is 22.9. The van der Waals surface area contributed by atoms with Crippen LogP contribution in [0.15, 0.2) is 42.5 Å². The van der Waals surface area contributed by atoms with Crippen LogP contribution >= 0.6 is 0 Å². The van der Waals surface area contributed by atoms with E-state index in [4.69, 9.17) is 9.47 Å². The highest BCUT2D eigenvalue weighted by atomic mass is 16.5. The molecule has 25 heavy (non-hydrogen) atoms. The molecule has 0 bridgehead atoms. The minimum atomic E-state index is -0.265. The van der Waals surface area contributed by atoms with Crippen molar-refractivity contribution in [3.63, 3.8) is 0 Å². The lowest BCUT2D eigenvalue weighted by atomic mass is 10.0. The van der Waals surface area contributed by atoms with Gasteiger partial charge in [-0.05, 0) is 48.7 Å². The van der Waals surface area contributed by atoms with Crippen LogP contribution in [0.25, 0.3) is 0 Å². The van der Waals surface area contributed by atoms with Crippen molar-refractivity contribution < 1.29 is 19.1 Å². The van der Waals surface area contributed by atoms with E-state index in [2.05, 4.69) is 19.2 Å². The predicted molar refractivity (Wildman–Crippen MR) is 97.7 cm³/mol. The van der Waals surface area contributed by atoms with Crippen LogP contribution in [-0.2, 0) is 4.79 Å². The summed E-state index contributed by atoms with van der Waals surface area (Å²) in [6, 6.07) is 12.6. The third kappa shape index (κ3) is 5.35. The van der Waals surface area contributed by atoms with E-state index in [1.54, 1.807) is 18.2 Å². The summed E-state index contributed by atoms with van der Waals surface area (Å²) in [5.41, 5.74) is 2.43. The Morgan fingerprint density at radius 2 is 1.80 bits per heavy atom. The van der Waals surface area contributed by atoms with Crippen molar-refractivity contribution in [2.45, 2.75) is 26.7 Å². The van der Waals surface area contributed by atoms with Crippen molar-refractivity contribution in [3.05, 3.63) is 53.6 Å². The smallest absolute Gasteiger partial charge is 0.262 e. The molecule has 2 rings (SSSR count). The van der Waals surface area contributed by atoms with E-state index in [1.807, 2.05) is 31.2 Å². The number of nitrogens with one attached hydrogen (secondary N) is 1. The lowest BCUT2D eigenvalue weighted by Crippen LogP contribution is -2.20. The van der Waals surface area contributed by atoms with Gasteiger partial charge in [-0.2, -0.15) is 0 Å². The molecule has 0 saturated carbocycles. The van der Waals surface area contributed by atoms with Crippen molar-refractivity contribution in [3.8, 4) is 11.5 Å². The first-order valence-electron chi connectivity index (χ1n) is 8.28. The van der Waals surface area contributed by atoms with Crippen LogP contribution in [0.2, 0.25) is 0 Å². The average molecular weight is 341 g/mol. The summed E-state index contributed by atoms with van der Waals surface area (Å²) < 4.78 is 11.0. The Kier molecular flexibility index (Phi) is 6.57. The highest BCUT2D eigenvalue weighted by Crippen LogP contribution is 2.28. The molecule has 1 amide bonds. The van der Waals surface area contributed by atoms with Gasteiger partial charge in [-0.1, -0.05) is 26.0 Å². The normalized spacial score (nSPS) is 10.4. The van der Waals surface area contributed by atoms with Crippen molar-refractivity contribution in [1.29, 1.82) is 0 Å². The van der Waals surface area contributed by atoms with Crippen LogP contribution in [0, 0.1) is 0 Å². The highest BCUT2D eigenvalue weighted by Gasteiger charge is 2.10. The number of benzene rings is 2. The molecule has 132 valence electrons. The maximum absolute atomic E-state index is 12.1. The molecule has 0 atom stereocenters. The Labute approximate surface area is 148 Å². The molecule has 0 aliphatic heterocycles. The van der Waals surface area contributed by atoms with Gasteiger partial charge in [0.1, 0.15) is 6.29 Å². The van der Waals surface area contributed by atoms with E-state index in [0.29, 0.717) is 29.6 Å². The molecule has 5 heteroatoms. The van der Waals surface area contributed by atoms with E-state index < -0.39 is 0 Å². The molecule has 0 unspecified atom stereocenters. The molecule has 5 nitrogen and oxygen atoms in total. The van der Waals surface area contributed by atoms with Crippen LogP contribution < -0.4 is 14.8 Å². The lowest BCUT2D eigenvalue weighted by molar-refractivity contribution is -0.118. The molecular formula is C20H23NO4. The minimum absolute atomic E-state index is 0.146. The summed E-state index contributed by atoms with van der Waals surface area (Å²) >= 11 is 0. The van der Waals surface area contributed by atoms with Gasteiger partial charge in [0.15, 0.2) is 18.1 Å². The summed E-state index contributed by atoms with van der Waals surface area (Å²) in [5, 5.41) is 2.79. The first-order valence-corrected chi connectivity index (χ1v) is 8.28. The minimum Gasteiger partial charge on any atom is -0.490 e. The second-order valence-corrected chi connectivity index (χ2v) is 5.87. The van der Waals surface area contributed by atoms with Crippen LogP contribution in [0.3, 0.4) is 0 Å². The molecule has 2 aromatic rings. The fourth-order valence-corrected chi connectivity index (χ4v) is 2.28. The standard InChI is InChI=1S/C20H23NO4/c1-4-24-19-11-15(12-22)5-10-18(19)25-13-20(23)21-17-8-6-16(7-9-17)14(2)3/h5-12,14H,4,13H2,1-3H3,(H,21,23). The zero-order valence-corrected chi connectivity index (χ0v) is 14.7. The van der Waals surface area contributed by atoms with Crippen LogP contribution in [-0.4, -0.2) is 25.4 Å². The number of carbonyl (C=O) groups excluding carboxylic acids is 2. The Hall–Kier alpha value is -2.82. The van der Waals surface area contributed by atoms with Crippen LogP contribution in [0.4, 0.5) is 5.69 Å². The molecular weight excluding hydrogens is 318 g/mol. The second kappa shape index (κ2) is 8.87. The van der Waals surface area contributed by atoms with Gasteiger partial charge in [0.2, 0.25) is 0 Å². The van der Waals surface area contributed by atoms with E-state index >= 15 is 0 Å². The monoisotopic (exact) mass is 341 g/mol. The maximum atomic E-state index is 12.1. The van der Waals surface area contributed by atoms with Crippen molar-refractivity contribution in [1.82, 2.24) is 0 Å². The van der Waals surface area contributed by atoms with E-state index in [1.165, 1.54) is 5.56 Å². The number of carbonyl (C=O) groups is 2. The molecule has 0 saturated heterocycles. The number of hydrogen-bond acceptors (Lipinski definition) is 4. The number of aldehydes is 1. The molecule has 0 aromatic heterocycles. The number of anilines is 1. The predicted octanol–water partition coefficient (Wildman–Crippen LogP) is 4.04. The number of ether oxygens (including phenoxy) is 2. The van der Waals surface area contributed by atoms with E-state index in [-0.39, 0.29) is 12.5 Å². The fraction of sp³-hybridized carbons (Fsp3) is 0.300. The van der Waals surface area contributed by atoms with Gasteiger partial charge < -0.3 is 14.8 Å². The summed E-state index contributed by atoms with van der Waals surface area (Å²) in [7, 11) is 0. The maximum Gasteiger partial charge on any atom is 0.262 e. The van der Waals surface area contributed by atoms with Crippen LogP contribution in [0.5, 0.6) is 11.5 Å². The van der Waals surface area contributed by atoms with Gasteiger partial charge in [-0.15, -0.1) is 0 Å². The fourth-order valence-electron chi connectivity index (χ4n) is 2.28. The molecule has 1 N–H and O–H groups in total. The third-order valence-electron chi connectivity index (χ3n) is 3.62. The summed E-state index contributed by atoms with van der Waals surface area (Å²) in [5.74, 6) is 1.05. The summed E-state index contributed by atoms with van der Waals surface area (Å²) in [6.07, 6.45) is 0.736. The quantitative estimate of drug-likeness (QED) is 0.736. The van der Waals surface area contributed by atoms with E-state index in [9.17, 15) is 9.59 Å². The Morgan fingerprint density at radius 3 is 2.40 bits per heavy atom. The zero-order chi connectivity index (χ0) is 18.2. The summed E-state index contributed by atoms with van der Waals surface area (Å²) in [6.45, 7) is 6.37. The molecule has 0 radical (unpaired) electrons. The first kappa shape index (κ1) is 18.5. The van der Waals surface area contributed by atoms with Gasteiger partial charge in [-0.3, -0.25) is 9.59 Å². The Bertz CT molecular complexity index is 723.